The van der Waals surface area contributed by atoms with Gasteiger partial charge in [-0.2, -0.15) is 0 Å². The summed E-state index contributed by atoms with van der Waals surface area (Å²) in [6.45, 7) is 6.55. The zero-order valence-corrected chi connectivity index (χ0v) is 50.3. The zero-order valence-electron chi connectivity index (χ0n) is 50.3. The van der Waals surface area contributed by atoms with E-state index in [4.69, 9.17) is 14.2 Å². The normalized spacial score (nSPS) is 12.6. The van der Waals surface area contributed by atoms with Crippen molar-refractivity contribution in [2.45, 2.75) is 329 Å². The van der Waals surface area contributed by atoms with Gasteiger partial charge in [0.05, 0.1) is 0 Å². The van der Waals surface area contributed by atoms with Gasteiger partial charge in [0.1, 0.15) is 13.2 Å². The molecule has 0 aliphatic heterocycles. The molecule has 0 radical (unpaired) electrons. The van der Waals surface area contributed by atoms with E-state index in [0.717, 1.165) is 128 Å². The lowest BCUT2D eigenvalue weighted by molar-refractivity contribution is -0.167. The van der Waals surface area contributed by atoms with E-state index in [0.29, 0.717) is 19.3 Å². The molecule has 0 aliphatic rings. The van der Waals surface area contributed by atoms with Crippen molar-refractivity contribution >= 4 is 17.9 Å². The van der Waals surface area contributed by atoms with Gasteiger partial charge in [-0.1, -0.05) is 273 Å². The minimum absolute atomic E-state index is 0.0858. The highest BCUT2D eigenvalue weighted by atomic mass is 16.6. The Bertz CT molecular complexity index is 1450. The Labute approximate surface area is 471 Å². The number of hydrogen-bond donors (Lipinski definition) is 0. The number of ether oxygens (including phenoxy) is 3. The van der Waals surface area contributed by atoms with Crippen molar-refractivity contribution in [1.29, 1.82) is 0 Å². The molecule has 0 saturated carbocycles. The summed E-state index contributed by atoms with van der Waals surface area (Å²) in [5.74, 6) is -0.905. The molecule has 1 unspecified atom stereocenters. The highest BCUT2D eigenvalue weighted by Gasteiger charge is 2.19. The number of carbonyl (C=O) groups is 3. The van der Waals surface area contributed by atoms with E-state index >= 15 is 0 Å². The number of carbonyl (C=O) groups excluding carboxylic acids is 3. The molecule has 0 aromatic heterocycles. The van der Waals surface area contributed by atoms with Gasteiger partial charge in [-0.25, -0.2) is 0 Å². The molecule has 0 N–H and O–H groups in total. The molecular weight excluding hydrogens is 937 g/mol. The molecular formula is C70H122O6. The minimum Gasteiger partial charge on any atom is -0.462 e. The summed E-state index contributed by atoms with van der Waals surface area (Å²) in [4.78, 5) is 38.3. The Balaban J connectivity index is 4.25. The first-order valence-corrected chi connectivity index (χ1v) is 32.6. The predicted octanol–water partition coefficient (Wildman–Crippen LogP) is 22.3. The van der Waals surface area contributed by atoms with Crippen LogP contribution in [0.5, 0.6) is 0 Å². The third-order valence-corrected chi connectivity index (χ3v) is 14.1. The summed E-state index contributed by atoms with van der Waals surface area (Å²) >= 11 is 0. The van der Waals surface area contributed by atoms with Crippen LogP contribution in [0, 0.1) is 0 Å². The molecule has 76 heavy (non-hydrogen) atoms. The SMILES string of the molecule is CCC/C=C\C/C=C\CCCCCCCC(=O)OCC(COC(=O)CCCCCCCCCCCCCCCC/C=C\C/C=C\C/C=C\CCCCCCC)OC(=O)CCCCCCC/C=C\C/C=C\CCCCCC. The molecule has 438 valence electrons. The van der Waals surface area contributed by atoms with E-state index in [-0.39, 0.29) is 31.1 Å². The number of rotatable bonds is 59. The summed E-state index contributed by atoms with van der Waals surface area (Å²) in [7, 11) is 0. The Morgan fingerprint density at radius 1 is 0.263 bits per heavy atom. The molecule has 0 spiro atoms. The van der Waals surface area contributed by atoms with E-state index in [2.05, 4.69) is 106 Å². The molecule has 0 aromatic carbocycles. The average Bonchev–Trinajstić information content (AvgIpc) is 3.42. The fourth-order valence-electron chi connectivity index (χ4n) is 9.17. The van der Waals surface area contributed by atoms with Crippen LogP contribution in [-0.2, 0) is 28.6 Å². The minimum atomic E-state index is -0.791. The Morgan fingerprint density at radius 2 is 0.500 bits per heavy atom. The lowest BCUT2D eigenvalue weighted by atomic mass is 10.0. The summed E-state index contributed by atoms with van der Waals surface area (Å²) in [5.41, 5.74) is 0. The van der Waals surface area contributed by atoms with Gasteiger partial charge in [-0.3, -0.25) is 14.4 Å². The van der Waals surface area contributed by atoms with Crippen LogP contribution in [-0.4, -0.2) is 37.2 Å². The van der Waals surface area contributed by atoms with Gasteiger partial charge in [-0.15, -0.1) is 0 Å². The molecule has 0 saturated heterocycles. The average molecular weight is 1060 g/mol. The molecule has 0 bridgehead atoms. The van der Waals surface area contributed by atoms with Crippen molar-refractivity contribution < 1.29 is 28.6 Å². The Kier molecular flexibility index (Phi) is 61.2. The molecule has 0 aliphatic carbocycles. The van der Waals surface area contributed by atoms with E-state index in [9.17, 15) is 14.4 Å². The Hall–Kier alpha value is -3.41. The summed E-state index contributed by atoms with van der Waals surface area (Å²) in [5, 5.41) is 0. The number of hydrogen-bond acceptors (Lipinski definition) is 6. The third kappa shape index (κ3) is 61.4. The number of unbranched alkanes of at least 4 members (excludes halogenated alkanes) is 34. The maximum absolute atomic E-state index is 12.9. The Morgan fingerprint density at radius 3 is 0.803 bits per heavy atom. The van der Waals surface area contributed by atoms with Gasteiger partial charge in [0.2, 0.25) is 0 Å². The lowest BCUT2D eigenvalue weighted by Crippen LogP contribution is -2.30. The molecule has 1 atom stereocenters. The van der Waals surface area contributed by atoms with Crippen LogP contribution < -0.4 is 0 Å². The van der Waals surface area contributed by atoms with Crippen LogP contribution in [0.2, 0.25) is 0 Å². The summed E-state index contributed by atoms with van der Waals surface area (Å²) < 4.78 is 16.9. The van der Waals surface area contributed by atoms with Crippen LogP contribution in [0.25, 0.3) is 0 Å². The zero-order chi connectivity index (χ0) is 55.0. The second-order valence-electron chi connectivity index (χ2n) is 21.7. The second-order valence-corrected chi connectivity index (χ2v) is 21.7. The molecule has 0 amide bonds. The molecule has 6 heteroatoms. The van der Waals surface area contributed by atoms with Crippen molar-refractivity contribution in [1.82, 2.24) is 0 Å². The van der Waals surface area contributed by atoms with E-state index < -0.39 is 6.10 Å². The van der Waals surface area contributed by atoms with Gasteiger partial charge in [0.15, 0.2) is 6.10 Å². The first-order valence-electron chi connectivity index (χ1n) is 32.6. The highest BCUT2D eigenvalue weighted by molar-refractivity contribution is 5.71. The maximum atomic E-state index is 12.9. The van der Waals surface area contributed by atoms with Crippen LogP contribution in [0.15, 0.2) is 85.1 Å². The van der Waals surface area contributed by atoms with Gasteiger partial charge in [0.25, 0.3) is 0 Å². The van der Waals surface area contributed by atoms with Gasteiger partial charge < -0.3 is 14.2 Å². The fourth-order valence-corrected chi connectivity index (χ4v) is 9.17. The molecule has 0 heterocycles. The van der Waals surface area contributed by atoms with Crippen molar-refractivity contribution in [2.75, 3.05) is 13.2 Å². The van der Waals surface area contributed by atoms with Crippen LogP contribution in [0.1, 0.15) is 323 Å². The van der Waals surface area contributed by atoms with Crippen LogP contribution in [0.4, 0.5) is 0 Å². The maximum Gasteiger partial charge on any atom is 0.306 e. The second kappa shape index (κ2) is 64.1. The monoisotopic (exact) mass is 1060 g/mol. The van der Waals surface area contributed by atoms with Crippen LogP contribution >= 0.6 is 0 Å². The van der Waals surface area contributed by atoms with E-state index in [1.54, 1.807) is 0 Å². The van der Waals surface area contributed by atoms with Gasteiger partial charge in [0, 0.05) is 19.3 Å². The molecule has 6 nitrogen and oxygen atoms in total. The predicted molar refractivity (Wildman–Crippen MR) is 330 cm³/mol. The fraction of sp³-hybridized carbons (Fsp3) is 0.757. The topological polar surface area (TPSA) is 78.9 Å². The third-order valence-electron chi connectivity index (χ3n) is 14.1. The molecule has 0 rings (SSSR count). The smallest absolute Gasteiger partial charge is 0.306 e. The summed E-state index contributed by atoms with van der Waals surface area (Å²) in [6.07, 6.45) is 84.5. The van der Waals surface area contributed by atoms with Gasteiger partial charge >= 0.3 is 17.9 Å². The number of allylic oxidation sites excluding steroid dienone is 14. The van der Waals surface area contributed by atoms with E-state index in [1.807, 2.05) is 0 Å². The summed E-state index contributed by atoms with van der Waals surface area (Å²) in [6, 6.07) is 0. The quantitative estimate of drug-likeness (QED) is 0.0261. The van der Waals surface area contributed by atoms with Crippen molar-refractivity contribution in [2.24, 2.45) is 0 Å². The number of esters is 3. The largest absolute Gasteiger partial charge is 0.462 e. The highest BCUT2D eigenvalue weighted by Crippen LogP contribution is 2.16. The first kappa shape index (κ1) is 72.6. The van der Waals surface area contributed by atoms with Crippen molar-refractivity contribution in [3.05, 3.63) is 85.1 Å². The molecule has 0 aromatic rings. The van der Waals surface area contributed by atoms with Crippen molar-refractivity contribution in [3.63, 3.8) is 0 Å². The van der Waals surface area contributed by atoms with E-state index in [1.165, 1.54) is 154 Å². The molecule has 0 fully saturated rings. The van der Waals surface area contributed by atoms with Gasteiger partial charge in [-0.05, 0) is 116 Å². The van der Waals surface area contributed by atoms with Crippen LogP contribution in [0.3, 0.4) is 0 Å². The first-order chi connectivity index (χ1) is 37.5. The standard InChI is InChI=1S/C70H122O6/c1-4-7-10-13-16-19-22-25-27-29-30-31-32-33-34-35-36-37-38-39-40-41-43-45-48-51-54-57-60-63-69(72)75-66-67(65-74-68(71)62-59-56-53-50-47-44-24-21-18-15-12-9-6-3)76-70(73)64-61-58-55-52-49-46-42-28-26-23-20-17-14-11-8-5-2/h12,15,20-25,28-30,32-33,42,67H,4-11,13-14,16-19,26-27,31,34-41,43-66H2,1-3H3/b15-12-,23-20-,24-21-,25-22-,30-29-,33-32-,42-28-. The lowest BCUT2D eigenvalue weighted by Gasteiger charge is -2.18. The van der Waals surface area contributed by atoms with Crippen molar-refractivity contribution in [3.8, 4) is 0 Å².